The Hall–Kier alpha value is -2.08. The highest BCUT2D eigenvalue weighted by molar-refractivity contribution is 7.98. The van der Waals surface area contributed by atoms with Gasteiger partial charge in [0.25, 0.3) is 0 Å². The molecular formula is C16H14F2N2OS. The summed E-state index contributed by atoms with van der Waals surface area (Å²) in [4.78, 5) is 4.31. The summed E-state index contributed by atoms with van der Waals surface area (Å²) < 4.78 is 32.8. The zero-order valence-corrected chi connectivity index (χ0v) is 12.7. The van der Waals surface area contributed by atoms with Crippen molar-refractivity contribution in [1.82, 2.24) is 9.55 Å². The first-order valence-electron chi connectivity index (χ1n) is 6.70. The van der Waals surface area contributed by atoms with Crippen molar-refractivity contribution < 1.29 is 13.5 Å². The van der Waals surface area contributed by atoms with Crippen LogP contribution < -0.4 is 4.74 Å². The average molecular weight is 320 g/mol. The van der Waals surface area contributed by atoms with Gasteiger partial charge in [0.05, 0.1) is 18.1 Å². The number of fused-ring (bicyclic) bond motifs is 1. The number of rotatable bonds is 5. The second-order valence-corrected chi connectivity index (χ2v) is 5.61. The monoisotopic (exact) mass is 320 g/mol. The SMILES string of the molecule is COc1cccc(CSc2nc3ccccc3n2C(F)F)c1. The van der Waals surface area contributed by atoms with Gasteiger partial charge in [-0.2, -0.15) is 8.78 Å². The highest BCUT2D eigenvalue weighted by Gasteiger charge is 2.17. The smallest absolute Gasteiger partial charge is 0.321 e. The summed E-state index contributed by atoms with van der Waals surface area (Å²) >= 11 is 1.29. The summed E-state index contributed by atoms with van der Waals surface area (Å²) in [6.07, 6.45) is 0. The Kier molecular flexibility index (Phi) is 4.29. The Morgan fingerprint density at radius 2 is 2.00 bits per heavy atom. The molecule has 0 unspecified atom stereocenters. The second kappa shape index (κ2) is 6.36. The van der Waals surface area contributed by atoms with Gasteiger partial charge in [0.2, 0.25) is 0 Å². The van der Waals surface area contributed by atoms with Crippen molar-refractivity contribution in [1.29, 1.82) is 0 Å². The highest BCUT2D eigenvalue weighted by atomic mass is 32.2. The van der Waals surface area contributed by atoms with Crippen LogP contribution in [0.2, 0.25) is 0 Å². The molecule has 3 aromatic rings. The number of alkyl halides is 2. The molecule has 0 saturated carbocycles. The van der Waals surface area contributed by atoms with Crippen molar-refractivity contribution in [2.75, 3.05) is 7.11 Å². The summed E-state index contributed by atoms with van der Waals surface area (Å²) in [5.41, 5.74) is 2.03. The summed E-state index contributed by atoms with van der Waals surface area (Å²) in [6.45, 7) is -2.61. The maximum atomic E-state index is 13.3. The minimum absolute atomic E-state index is 0.319. The molecule has 3 rings (SSSR count). The lowest BCUT2D eigenvalue weighted by Gasteiger charge is -2.08. The van der Waals surface area contributed by atoms with Crippen LogP contribution >= 0.6 is 11.8 Å². The van der Waals surface area contributed by atoms with E-state index in [1.165, 1.54) is 11.8 Å². The van der Waals surface area contributed by atoms with Gasteiger partial charge in [-0.05, 0) is 29.8 Å². The lowest BCUT2D eigenvalue weighted by atomic mass is 10.2. The van der Waals surface area contributed by atoms with Gasteiger partial charge in [-0.25, -0.2) is 4.98 Å². The van der Waals surface area contributed by atoms with E-state index >= 15 is 0 Å². The van der Waals surface area contributed by atoms with E-state index in [0.29, 0.717) is 21.9 Å². The third kappa shape index (κ3) is 2.92. The Morgan fingerprint density at radius 1 is 1.18 bits per heavy atom. The number of hydrogen-bond acceptors (Lipinski definition) is 3. The first kappa shape index (κ1) is 14.8. The fourth-order valence-electron chi connectivity index (χ4n) is 2.22. The third-order valence-electron chi connectivity index (χ3n) is 3.26. The zero-order valence-electron chi connectivity index (χ0n) is 11.9. The van der Waals surface area contributed by atoms with Crippen LogP contribution in [0.5, 0.6) is 5.75 Å². The number of imidazole rings is 1. The van der Waals surface area contributed by atoms with Crippen LogP contribution in [0, 0.1) is 0 Å². The molecule has 0 spiro atoms. The molecule has 0 amide bonds. The second-order valence-electron chi connectivity index (χ2n) is 4.67. The molecule has 2 aromatic carbocycles. The molecule has 3 nitrogen and oxygen atoms in total. The fourth-order valence-corrected chi connectivity index (χ4v) is 3.18. The lowest BCUT2D eigenvalue weighted by Crippen LogP contribution is -2.00. The van der Waals surface area contributed by atoms with Gasteiger partial charge in [-0.15, -0.1) is 0 Å². The number of thioether (sulfide) groups is 1. The number of methoxy groups -OCH3 is 1. The molecule has 0 aliphatic carbocycles. The number of nitrogens with zero attached hydrogens (tertiary/aromatic N) is 2. The summed E-state index contributed by atoms with van der Waals surface area (Å²) in [6, 6.07) is 14.5. The van der Waals surface area contributed by atoms with E-state index in [-0.39, 0.29) is 0 Å². The Labute approximate surface area is 130 Å². The molecule has 0 fully saturated rings. The number of ether oxygens (including phenoxy) is 1. The summed E-state index contributed by atoms with van der Waals surface area (Å²) in [5.74, 6) is 1.30. The van der Waals surface area contributed by atoms with Crippen LogP contribution in [0.15, 0.2) is 53.7 Å². The van der Waals surface area contributed by atoms with Crippen LogP contribution in [-0.2, 0) is 5.75 Å². The van der Waals surface area contributed by atoms with Crippen molar-refractivity contribution in [3.63, 3.8) is 0 Å². The quantitative estimate of drug-likeness (QED) is 0.636. The van der Waals surface area contributed by atoms with Gasteiger partial charge in [-0.1, -0.05) is 36.0 Å². The molecule has 0 aliphatic heterocycles. The van der Waals surface area contributed by atoms with Gasteiger partial charge in [0, 0.05) is 5.75 Å². The summed E-state index contributed by atoms with van der Waals surface area (Å²) in [7, 11) is 1.60. The van der Waals surface area contributed by atoms with Crippen molar-refractivity contribution in [2.24, 2.45) is 0 Å². The molecule has 22 heavy (non-hydrogen) atoms. The van der Waals surface area contributed by atoms with Crippen molar-refractivity contribution in [3.05, 3.63) is 54.1 Å². The van der Waals surface area contributed by atoms with Crippen LogP contribution in [0.4, 0.5) is 8.78 Å². The van der Waals surface area contributed by atoms with Crippen LogP contribution in [0.1, 0.15) is 12.1 Å². The van der Waals surface area contributed by atoms with Gasteiger partial charge in [0.1, 0.15) is 5.75 Å². The van der Waals surface area contributed by atoms with E-state index in [1.807, 2.05) is 24.3 Å². The first-order valence-corrected chi connectivity index (χ1v) is 7.68. The van der Waals surface area contributed by atoms with E-state index in [1.54, 1.807) is 31.4 Å². The fraction of sp³-hybridized carbons (Fsp3) is 0.188. The Balaban J connectivity index is 1.88. The molecule has 0 atom stereocenters. The molecule has 114 valence electrons. The van der Waals surface area contributed by atoms with Crippen LogP contribution in [-0.4, -0.2) is 16.7 Å². The molecule has 0 radical (unpaired) electrons. The minimum Gasteiger partial charge on any atom is -0.497 e. The van der Waals surface area contributed by atoms with E-state index in [2.05, 4.69) is 4.98 Å². The summed E-state index contributed by atoms with van der Waals surface area (Å²) in [5, 5.41) is 0.319. The van der Waals surface area contributed by atoms with Crippen LogP contribution in [0.25, 0.3) is 11.0 Å². The molecule has 0 bridgehead atoms. The number of halogens is 2. The van der Waals surface area contributed by atoms with E-state index in [0.717, 1.165) is 15.9 Å². The van der Waals surface area contributed by atoms with Crippen molar-refractivity contribution in [3.8, 4) is 5.75 Å². The number of para-hydroxylation sites is 2. The predicted molar refractivity (Wildman–Crippen MR) is 83.5 cm³/mol. The Bertz CT molecular complexity index is 789. The standard InChI is InChI=1S/C16H14F2N2OS/c1-21-12-6-4-5-11(9-12)10-22-16-19-13-7-2-3-8-14(13)20(16)15(17)18/h2-9,15H,10H2,1H3. The normalized spacial score (nSPS) is 11.3. The zero-order chi connectivity index (χ0) is 15.5. The molecular weight excluding hydrogens is 306 g/mol. The van der Waals surface area contributed by atoms with Gasteiger partial charge in [-0.3, -0.25) is 4.57 Å². The van der Waals surface area contributed by atoms with Crippen molar-refractivity contribution >= 4 is 22.8 Å². The van der Waals surface area contributed by atoms with E-state index in [4.69, 9.17) is 4.74 Å². The molecule has 1 heterocycles. The van der Waals surface area contributed by atoms with Crippen LogP contribution in [0.3, 0.4) is 0 Å². The molecule has 6 heteroatoms. The number of aromatic nitrogens is 2. The van der Waals surface area contributed by atoms with E-state index in [9.17, 15) is 8.78 Å². The largest absolute Gasteiger partial charge is 0.497 e. The maximum absolute atomic E-state index is 13.3. The number of benzene rings is 2. The maximum Gasteiger partial charge on any atom is 0.321 e. The number of hydrogen-bond donors (Lipinski definition) is 0. The van der Waals surface area contributed by atoms with E-state index < -0.39 is 6.55 Å². The van der Waals surface area contributed by atoms with Gasteiger partial charge >= 0.3 is 6.55 Å². The highest BCUT2D eigenvalue weighted by Crippen LogP contribution is 2.31. The molecule has 0 aliphatic rings. The first-order chi connectivity index (χ1) is 10.7. The predicted octanol–water partition coefficient (Wildman–Crippen LogP) is 4.73. The lowest BCUT2D eigenvalue weighted by molar-refractivity contribution is 0.0656. The topological polar surface area (TPSA) is 27.1 Å². The Morgan fingerprint density at radius 3 is 2.77 bits per heavy atom. The van der Waals surface area contributed by atoms with Crippen molar-refractivity contribution in [2.45, 2.75) is 17.5 Å². The van der Waals surface area contributed by atoms with Gasteiger partial charge in [0.15, 0.2) is 5.16 Å². The average Bonchev–Trinajstić information content (AvgIpc) is 2.91. The molecule has 0 saturated heterocycles. The van der Waals surface area contributed by atoms with Gasteiger partial charge < -0.3 is 4.74 Å². The molecule has 1 aromatic heterocycles. The minimum atomic E-state index is -2.61. The molecule has 0 N–H and O–H groups in total. The third-order valence-corrected chi connectivity index (χ3v) is 4.28.